The molecule has 13 heavy (non-hydrogen) atoms. The summed E-state index contributed by atoms with van der Waals surface area (Å²) in [5.74, 6) is 1.16. The van der Waals surface area contributed by atoms with Gasteiger partial charge in [-0.1, -0.05) is 6.42 Å². The van der Waals surface area contributed by atoms with Gasteiger partial charge in [-0.2, -0.15) is 13.1 Å². The predicted octanol–water partition coefficient (Wildman–Crippen LogP) is -2.32. The van der Waals surface area contributed by atoms with E-state index < -0.39 is 10.3 Å². The van der Waals surface area contributed by atoms with Crippen LogP contribution >= 0.6 is 0 Å². The van der Waals surface area contributed by atoms with Gasteiger partial charge in [-0.3, -0.25) is 4.55 Å². The van der Waals surface area contributed by atoms with Crippen molar-refractivity contribution in [3.8, 4) is 0 Å². The molecule has 2 N–H and O–H groups in total. The molecule has 0 radical (unpaired) electrons. The van der Waals surface area contributed by atoms with E-state index in [4.69, 9.17) is 4.55 Å². The summed E-state index contributed by atoms with van der Waals surface area (Å²) in [4.78, 5) is 0. The van der Waals surface area contributed by atoms with Gasteiger partial charge in [0, 0.05) is 6.04 Å². The van der Waals surface area contributed by atoms with Crippen LogP contribution < -0.4 is 34.3 Å². The summed E-state index contributed by atoms with van der Waals surface area (Å²) >= 11 is 0. The Bertz CT molecular complexity index is 285. The molecule has 3 atom stereocenters. The molecular weight excluding hydrogens is 201 g/mol. The summed E-state index contributed by atoms with van der Waals surface area (Å²) < 4.78 is 31.9. The molecule has 2 rings (SSSR count). The SMILES string of the molecule is O=S(=O)(O)NC1CC2CCC1C2.[H-].[Na+]. The molecule has 2 fully saturated rings. The van der Waals surface area contributed by atoms with E-state index in [2.05, 4.69) is 4.72 Å². The Labute approximate surface area is 102 Å². The van der Waals surface area contributed by atoms with Crippen LogP contribution in [0.15, 0.2) is 0 Å². The van der Waals surface area contributed by atoms with Crippen LogP contribution in [0.25, 0.3) is 0 Å². The van der Waals surface area contributed by atoms with Gasteiger partial charge in [-0.25, -0.2) is 0 Å². The van der Waals surface area contributed by atoms with Gasteiger partial charge < -0.3 is 1.43 Å². The van der Waals surface area contributed by atoms with Crippen molar-refractivity contribution in [2.75, 3.05) is 0 Å². The van der Waals surface area contributed by atoms with Crippen LogP contribution in [0, 0.1) is 11.8 Å². The number of hydrogen-bond donors (Lipinski definition) is 2. The zero-order valence-corrected chi connectivity index (χ0v) is 10.5. The van der Waals surface area contributed by atoms with E-state index in [0.29, 0.717) is 11.8 Å². The molecule has 0 heterocycles. The van der Waals surface area contributed by atoms with E-state index in [9.17, 15) is 8.42 Å². The standard InChI is InChI=1S/C7H13NO3S.Na.H/c9-12(10,11)8-7-4-5-1-2-6(7)3-5;;/h5-8H,1-4H2,(H,9,10,11);;/q;+1;-1. The normalized spacial score (nSPS) is 37.5. The van der Waals surface area contributed by atoms with Gasteiger partial charge >= 0.3 is 39.9 Å². The second-order valence-electron chi connectivity index (χ2n) is 3.87. The largest absolute Gasteiger partial charge is 1.00 e. The molecule has 2 bridgehead atoms. The van der Waals surface area contributed by atoms with E-state index in [1.807, 2.05) is 0 Å². The van der Waals surface area contributed by atoms with Crippen LogP contribution in [0.5, 0.6) is 0 Å². The molecule has 0 aromatic carbocycles. The number of hydrogen-bond acceptors (Lipinski definition) is 2. The van der Waals surface area contributed by atoms with Gasteiger partial charge in [0.1, 0.15) is 0 Å². The van der Waals surface area contributed by atoms with Gasteiger partial charge in [0.2, 0.25) is 0 Å². The summed E-state index contributed by atoms with van der Waals surface area (Å²) in [5, 5.41) is 0. The Hall–Kier alpha value is 0.870. The van der Waals surface area contributed by atoms with Crippen LogP contribution in [-0.2, 0) is 10.3 Å². The number of rotatable bonds is 2. The zero-order chi connectivity index (χ0) is 8.77. The maximum atomic E-state index is 10.5. The van der Waals surface area contributed by atoms with Crippen LogP contribution in [0.1, 0.15) is 27.1 Å². The van der Waals surface area contributed by atoms with Crippen LogP contribution in [0.3, 0.4) is 0 Å². The van der Waals surface area contributed by atoms with E-state index in [1.54, 1.807) is 0 Å². The predicted molar refractivity (Wildman–Crippen MR) is 45.0 cm³/mol. The fraction of sp³-hybridized carbons (Fsp3) is 1.00. The fourth-order valence-corrected chi connectivity index (χ4v) is 3.25. The van der Waals surface area contributed by atoms with Crippen LogP contribution in [-0.4, -0.2) is 19.0 Å². The van der Waals surface area contributed by atoms with Crippen molar-refractivity contribution in [1.82, 2.24) is 4.72 Å². The summed E-state index contributed by atoms with van der Waals surface area (Å²) in [5.41, 5.74) is 0. The average molecular weight is 215 g/mol. The number of fused-ring (bicyclic) bond motifs is 2. The molecule has 72 valence electrons. The molecule has 0 amide bonds. The third kappa shape index (κ3) is 2.91. The molecule has 0 aliphatic heterocycles. The minimum atomic E-state index is -3.98. The quantitative estimate of drug-likeness (QED) is 0.401. The first kappa shape index (κ1) is 11.9. The van der Waals surface area contributed by atoms with Gasteiger partial charge in [0.05, 0.1) is 0 Å². The first-order valence-corrected chi connectivity index (χ1v) is 5.73. The van der Waals surface area contributed by atoms with Crippen molar-refractivity contribution in [2.45, 2.75) is 31.7 Å². The van der Waals surface area contributed by atoms with Gasteiger partial charge in [0.25, 0.3) is 0 Å². The smallest absolute Gasteiger partial charge is 1.00 e. The van der Waals surface area contributed by atoms with Gasteiger partial charge in [-0.05, 0) is 31.1 Å². The molecule has 2 aliphatic rings. The monoisotopic (exact) mass is 215 g/mol. The van der Waals surface area contributed by atoms with Crippen LogP contribution in [0.2, 0.25) is 0 Å². The first-order chi connectivity index (χ1) is 5.54. The second-order valence-corrected chi connectivity index (χ2v) is 5.06. The van der Waals surface area contributed by atoms with Crippen molar-refractivity contribution in [3.63, 3.8) is 0 Å². The topological polar surface area (TPSA) is 66.4 Å². The van der Waals surface area contributed by atoms with Crippen LogP contribution in [0.4, 0.5) is 0 Å². The van der Waals surface area contributed by atoms with Crippen molar-refractivity contribution in [3.05, 3.63) is 0 Å². The average Bonchev–Trinajstić information content (AvgIpc) is 2.42. The van der Waals surface area contributed by atoms with Crippen molar-refractivity contribution < 1.29 is 44.0 Å². The summed E-state index contributed by atoms with van der Waals surface area (Å²) in [6, 6.07) is -0.00116. The molecule has 0 aromatic heterocycles. The molecule has 6 heteroatoms. The van der Waals surface area contributed by atoms with Gasteiger partial charge in [-0.15, -0.1) is 0 Å². The Morgan fingerprint density at radius 3 is 2.38 bits per heavy atom. The third-order valence-corrected chi connectivity index (χ3v) is 3.64. The Morgan fingerprint density at radius 2 is 2.00 bits per heavy atom. The maximum Gasteiger partial charge on any atom is 1.00 e. The van der Waals surface area contributed by atoms with E-state index >= 15 is 0 Å². The third-order valence-electron chi connectivity index (χ3n) is 3.04. The molecule has 3 unspecified atom stereocenters. The van der Waals surface area contributed by atoms with Crippen molar-refractivity contribution >= 4 is 10.3 Å². The Kier molecular flexibility index (Phi) is 3.82. The molecule has 2 saturated carbocycles. The molecule has 0 saturated heterocycles. The zero-order valence-electron chi connectivity index (χ0n) is 8.73. The molecule has 0 spiro atoms. The number of nitrogens with one attached hydrogen (secondary N) is 1. The van der Waals surface area contributed by atoms with Gasteiger partial charge in [0.15, 0.2) is 0 Å². The van der Waals surface area contributed by atoms with E-state index in [1.165, 1.54) is 6.42 Å². The Morgan fingerprint density at radius 1 is 1.31 bits per heavy atom. The van der Waals surface area contributed by atoms with E-state index in [-0.39, 0.29) is 37.0 Å². The maximum absolute atomic E-state index is 10.5. The van der Waals surface area contributed by atoms with Crippen molar-refractivity contribution in [1.29, 1.82) is 0 Å². The molecule has 4 nitrogen and oxygen atoms in total. The van der Waals surface area contributed by atoms with Crippen molar-refractivity contribution in [2.24, 2.45) is 11.8 Å². The first-order valence-electron chi connectivity index (χ1n) is 4.29. The fourth-order valence-electron chi connectivity index (χ4n) is 2.58. The second kappa shape index (κ2) is 4.16. The minimum Gasteiger partial charge on any atom is -1.00 e. The van der Waals surface area contributed by atoms with E-state index in [0.717, 1.165) is 19.3 Å². The minimum absolute atomic E-state index is 0. The Balaban J connectivity index is 0.000000845. The molecule has 2 aliphatic carbocycles. The molecule has 0 aromatic rings. The molecular formula is C7H14NNaO3S. The summed E-state index contributed by atoms with van der Waals surface area (Å²) in [7, 11) is -3.98. The summed E-state index contributed by atoms with van der Waals surface area (Å²) in [6.07, 6.45) is 4.38. The summed E-state index contributed by atoms with van der Waals surface area (Å²) in [6.45, 7) is 0.